The van der Waals surface area contributed by atoms with Crippen LogP contribution in [0.1, 0.15) is 97.4 Å². The van der Waals surface area contributed by atoms with Crippen LogP contribution in [0.15, 0.2) is 97.1 Å². The van der Waals surface area contributed by atoms with Crippen molar-refractivity contribution in [3.63, 3.8) is 0 Å². The molecular formula is C45H59B3KNO8. The number of benzene rings is 4. The van der Waals surface area contributed by atoms with Gasteiger partial charge in [0.25, 0.3) is 0 Å². The van der Waals surface area contributed by atoms with E-state index in [2.05, 4.69) is 129 Å². The summed E-state index contributed by atoms with van der Waals surface area (Å²) >= 11 is 0. The van der Waals surface area contributed by atoms with Crippen molar-refractivity contribution >= 4 is 54.4 Å². The fraction of sp³-hybridized carbons (Fsp3) is 0.444. The molecule has 9 nitrogen and oxygen atoms in total. The molecule has 0 spiro atoms. The predicted molar refractivity (Wildman–Crippen MR) is 232 cm³/mol. The van der Waals surface area contributed by atoms with Crippen LogP contribution in [0.4, 0.5) is 0 Å². The van der Waals surface area contributed by atoms with E-state index >= 15 is 0 Å². The molecule has 0 bridgehead atoms. The minimum absolute atomic E-state index is 0. The van der Waals surface area contributed by atoms with Crippen LogP contribution in [0.5, 0.6) is 0 Å². The standard InChI is InChI=1S/C30H28BNO2.C12H24B2O4.C2H4O2.CH4.K/c1-29(2)30(3,4)34-31(33-29)23-17-14-21(15-18-23)22-16-19-28-26(20-22)25-12-8-9-13-27(25)32(28)24-10-6-5-7-11-24;1-9(2)10(3,4)16-13(15-9)14-17-11(5,6)12(7,8)18-14;1-2(3)4;;/h5-20H,1-4H3;1-8H3;1H3,(H,3,4);1H4;/q;;;;+1/p-1. The summed E-state index contributed by atoms with van der Waals surface area (Å²) in [6, 6.07) is 34.5. The van der Waals surface area contributed by atoms with E-state index in [9.17, 15) is 0 Å². The molecule has 0 N–H and O–H groups in total. The Hall–Kier alpha value is -2.26. The van der Waals surface area contributed by atoms with Crippen molar-refractivity contribution in [3.05, 3.63) is 97.1 Å². The quantitative estimate of drug-likeness (QED) is 0.223. The van der Waals surface area contributed by atoms with Gasteiger partial charge in [0.05, 0.1) is 44.6 Å². The van der Waals surface area contributed by atoms with Gasteiger partial charge in [0, 0.05) is 22.4 Å². The van der Waals surface area contributed by atoms with Crippen molar-refractivity contribution in [3.8, 4) is 16.8 Å². The Morgan fingerprint density at radius 2 is 0.897 bits per heavy atom. The van der Waals surface area contributed by atoms with Crippen molar-refractivity contribution in [2.45, 2.75) is 131 Å². The van der Waals surface area contributed by atoms with E-state index in [1.54, 1.807) is 0 Å². The van der Waals surface area contributed by atoms with Crippen LogP contribution in [0.2, 0.25) is 0 Å². The number of carboxylic acid groups (broad SMARTS) is 1. The fourth-order valence-corrected chi connectivity index (χ4v) is 6.82. The summed E-state index contributed by atoms with van der Waals surface area (Å²) in [6.45, 7) is 25.5. The molecule has 3 aliphatic rings. The molecule has 5 aromatic rings. The maximum atomic E-state index is 8.89. The van der Waals surface area contributed by atoms with Gasteiger partial charge in [-0.2, -0.15) is 0 Å². The number of aliphatic carboxylic acids is 1. The Balaban J connectivity index is 0.000000263. The molecule has 0 radical (unpaired) electrons. The average Bonchev–Trinajstić information content (AvgIpc) is 3.72. The van der Waals surface area contributed by atoms with Gasteiger partial charge in [0.1, 0.15) is 0 Å². The summed E-state index contributed by atoms with van der Waals surface area (Å²) < 4.78 is 38.6. The van der Waals surface area contributed by atoms with Crippen LogP contribution in [0, 0.1) is 0 Å². The fourth-order valence-electron chi connectivity index (χ4n) is 6.82. The van der Waals surface area contributed by atoms with Gasteiger partial charge >= 0.3 is 72.5 Å². The minimum Gasteiger partial charge on any atom is -0.550 e. The molecule has 4 aromatic carbocycles. The van der Waals surface area contributed by atoms with Crippen molar-refractivity contribution in [2.75, 3.05) is 0 Å². The molecule has 8 rings (SSSR count). The molecule has 3 aliphatic heterocycles. The first-order valence-electron chi connectivity index (χ1n) is 19.4. The summed E-state index contributed by atoms with van der Waals surface area (Å²) in [7, 11) is -1.29. The first-order chi connectivity index (χ1) is 26.0. The number of aromatic nitrogens is 1. The minimum atomic E-state index is -1.08. The average molecular weight is 814 g/mol. The summed E-state index contributed by atoms with van der Waals surface area (Å²) in [5, 5.41) is 11.4. The van der Waals surface area contributed by atoms with Gasteiger partial charge in [0.15, 0.2) is 0 Å². The van der Waals surface area contributed by atoms with Crippen LogP contribution in [0.25, 0.3) is 38.6 Å². The molecule has 0 atom stereocenters. The maximum absolute atomic E-state index is 8.89. The van der Waals surface area contributed by atoms with E-state index in [4.69, 9.17) is 37.8 Å². The summed E-state index contributed by atoms with van der Waals surface area (Å²) in [5.41, 5.74) is 4.91. The first-order valence-corrected chi connectivity index (χ1v) is 19.4. The smallest absolute Gasteiger partial charge is 0.550 e. The number of hydrogen-bond acceptors (Lipinski definition) is 8. The predicted octanol–water partition coefficient (Wildman–Crippen LogP) is 5.40. The van der Waals surface area contributed by atoms with Crippen molar-refractivity contribution in [2.24, 2.45) is 0 Å². The van der Waals surface area contributed by atoms with E-state index in [1.165, 1.54) is 38.6 Å². The number of hydrogen-bond donors (Lipinski definition) is 0. The van der Waals surface area contributed by atoms with Crippen LogP contribution in [0.3, 0.4) is 0 Å². The van der Waals surface area contributed by atoms with Gasteiger partial charge in [0.2, 0.25) is 0 Å². The molecule has 13 heteroatoms. The van der Waals surface area contributed by atoms with Gasteiger partial charge < -0.3 is 42.4 Å². The number of para-hydroxylation sites is 2. The Kier molecular flexibility index (Phi) is 14.7. The second-order valence-electron chi connectivity index (χ2n) is 17.9. The van der Waals surface area contributed by atoms with Crippen molar-refractivity contribution in [1.82, 2.24) is 4.57 Å². The summed E-state index contributed by atoms with van der Waals surface area (Å²) in [6.07, 6.45) is 0. The molecular weight excluding hydrogens is 754 g/mol. The van der Waals surface area contributed by atoms with Gasteiger partial charge in [-0.3, -0.25) is 0 Å². The van der Waals surface area contributed by atoms with E-state index in [1.807, 2.05) is 55.4 Å². The molecule has 4 heterocycles. The zero-order chi connectivity index (χ0) is 41.1. The van der Waals surface area contributed by atoms with Gasteiger partial charge in [-0.15, -0.1) is 0 Å². The van der Waals surface area contributed by atoms with Crippen molar-refractivity contribution < 1.29 is 89.2 Å². The first kappa shape index (κ1) is 48.4. The summed E-state index contributed by atoms with van der Waals surface area (Å²) in [4.78, 5) is 8.89. The number of carbonyl (C=O) groups is 1. The van der Waals surface area contributed by atoms with E-state index < -0.39 is 20.0 Å². The zero-order valence-electron chi connectivity index (χ0n) is 36.2. The van der Waals surface area contributed by atoms with Crippen molar-refractivity contribution in [1.29, 1.82) is 0 Å². The van der Waals surface area contributed by atoms with Gasteiger partial charge in [-0.05, 0) is 137 Å². The monoisotopic (exact) mass is 813 g/mol. The third-order valence-electron chi connectivity index (χ3n) is 12.2. The Bertz CT molecular complexity index is 2120. The topological polar surface area (TPSA) is 100 Å². The second-order valence-corrected chi connectivity index (χ2v) is 17.9. The Morgan fingerprint density at radius 1 is 0.517 bits per heavy atom. The molecule has 0 aliphatic carbocycles. The molecule has 0 saturated carbocycles. The SMILES string of the molecule is C.CC(=O)[O-].CC1(C)OB(B2OC(C)(C)C(C)(C)O2)OC1(C)C.CC1(C)OB(c2ccc(-c3ccc4c(c3)c3ccccc3n4-c3ccccc3)cc2)OC1(C)C.[K+]. The number of nitrogens with zero attached hydrogens (tertiary/aromatic N) is 1. The van der Waals surface area contributed by atoms with Crippen LogP contribution in [-0.2, 0) is 32.7 Å². The summed E-state index contributed by atoms with van der Waals surface area (Å²) in [5.74, 6) is -1.08. The molecule has 3 saturated heterocycles. The molecule has 3 fully saturated rings. The number of carbonyl (C=O) groups excluding carboxylic acids is 1. The van der Waals surface area contributed by atoms with E-state index in [0.29, 0.717) is 0 Å². The maximum Gasteiger partial charge on any atom is 1.00 e. The van der Waals surface area contributed by atoms with Crippen LogP contribution < -0.4 is 62.0 Å². The molecule has 302 valence electrons. The van der Waals surface area contributed by atoms with Crippen LogP contribution in [-0.4, -0.2) is 65.3 Å². The number of fused-ring (bicyclic) bond motifs is 3. The molecule has 0 unspecified atom stereocenters. The number of carboxylic acids is 1. The zero-order valence-corrected chi connectivity index (χ0v) is 39.3. The molecule has 1 aromatic heterocycles. The third-order valence-corrected chi connectivity index (χ3v) is 12.2. The normalized spacial score (nSPS) is 20.3. The second kappa shape index (κ2) is 17.6. The molecule has 0 amide bonds. The third kappa shape index (κ3) is 9.61. The van der Waals surface area contributed by atoms with Gasteiger partial charge in [-0.25, -0.2) is 0 Å². The van der Waals surface area contributed by atoms with E-state index in [-0.39, 0.29) is 99.5 Å². The Morgan fingerprint density at radius 3 is 1.36 bits per heavy atom. The number of rotatable bonds is 4. The van der Waals surface area contributed by atoms with Gasteiger partial charge in [-0.1, -0.05) is 74.2 Å². The van der Waals surface area contributed by atoms with Crippen LogP contribution >= 0.6 is 0 Å². The Labute approximate surface area is 389 Å². The van der Waals surface area contributed by atoms with E-state index in [0.717, 1.165) is 12.4 Å². The molecule has 58 heavy (non-hydrogen) atoms. The largest absolute Gasteiger partial charge is 1.00 e.